The summed E-state index contributed by atoms with van der Waals surface area (Å²) in [6.45, 7) is 6.46. The lowest BCUT2D eigenvalue weighted by Gasteiger charge is -2.12. The average molecular weight is 483 g/mol. The van der Waals surface area contributed by atoms with Crippen LogP contribution in [0.25, 0.3) is 0 Å². The molecule has 144 valence electrons. The summed E-state index contributed by atoms with van der Waals surface area (Å²) >= 11 is 0. The number of aliphatic imine (C=N–C) groups is 1. The van der Waals surface area contributed by atoms with Crippen LogP contribution in [0.2, 0.25) is 0 Å². The number of rotatable bonds is 11. The van der Waals surface area contributed by atoms with Gasteiger partial charge >= 0.3 is 0 Å². The SMILES string of the molecule is CCCCCCN=C(NCC)NCCNS(=O)(=O)c1cccnc1.I. The van der Waals surface area contributed by atoms with Gasteiger partial charge in [-0.2, -0.15) is 0 Å². The van der Waals surface area contributed by atoms with Crippen LogP contribution in [-0.2, 0) is 10.0 Å². The molecule has 1 rings (SSSR count). The molecule has 7 nitrogen and oxygen atoms in total. The molecular weight excluding hydrogens is 453 g/mol. The lowest BCUT2D eigenvalue weighted by molar-refractivity contribution is 0.580. The molecule has 0 aliphatic carbocycles. The number of hydrogen-bond acceptors (Lipinski definition) is 4. The minimum Gasteiger partial charge on any atom is -0.357 e. The molecule has 0 saturated heterocycles. The van der Waals surface area contributed by atoms with E-state index in [0.29, 0.717) is 6.54 Å². The van der Waals surface area contributed by atoms with E-state index in [1.54, 1.807) is 12.3 Å². The van der Waals surface area contributed by atoms with Gasteiger partial charge in [-0.05, 0) is 25.5 Å². The van der Waals surface area contributed by atoms with Gasteiger partial charge in [-0.15, -0.1) is 24.0 Å². The van der Waals surface area contributed by atoms with Gasteiger partial charge < -0.3 is 10.6 Å². The van der Waals surface area contributed by atoms with Crippen LogP contribution in [0.5, 0.6) is 0 Å². The molecule has 0 amide bonds. The molecule has 0 unspecified atom stereocenters. The Morgan fingerprint density at radius 1 is 1.16 bits per heavy atom. The molecule has 0 saturated carbocycles. The highest BCUT2D eigenvalue weighted by Crippen LogP contribution is 2.04. The molecule has 0 bridgehead atoms. The van der Waals surface area contributed by atoms with Crippen LogP contribution in [0.1, 0.15) is 39.5 Å². The van der Waals surface area contributed by atoms with Crippen LogP contribution >= 0.6 is 24.0 Å². The molecule has 0 aliphatic heterocycles. The second-order valence-corrected chi connectivity index (χ2v) is 7.10. The van der Waals surface area contributed by atoms with E-state index in [1.165, 1.54) is 31.5 Å². The fraction of sp³-hybridized carbons (Fsp3) is 0.625. The monoisotopic (exact) mass is 483 g/mol. The summed E-state index contributed by atoms with van der Waals surface area (Å²) in [5, 5.41) is 6.29. The second-order valence-electron chi connectivity index (χ2n) is 5.33. The predicted molar refractivity (Wildman–Crippen MR) is 113 cm³/mol. The minimum absolute atomic E-state index is 0. The zero-order chi connectivity index (χ0) is 17.7. The molecular formula is C16H30IN5O2S. The maximum atomic E-state index is 12.1. The first-order valence-electron chi connectivity index (χ1n) is 8.52. The van der Waals surface area contributed by atoms with Gasteiger partial charge in [-0.1, -0.05) is 26.2 Å². The summed E-state index contributed by atoms with van der Waals surface area (Å²) in [6.07, 6.45) is 7.56. The van der Waals surface area contributed by atoms with Crippen LogP contribution in [0.15, 0.2) is 34.4 Å². The normalized spacial score (nSPS) is 11.7. The third-order valence-electron chi connectivity index (χ3n) is 3.28. The molecule has 1 aromatic heterocycles. The van der Waals surface area contributed by atoms with Crippen molar-refractivity contribution in [2.45, 2.75) is 44.4 Å². The fourth-order valence-corrected chi connectivity index (χ4v) is 3.02. The van der Waals surface area contributed by atoms with E-state index in [4.69, 9.17) is 0 Å². The van der Waals surface area contributed by atoms with Gasteiger partial charge in [0.2, 0.25) is 10.0 Å². The van der Waals surface area contributed by atoms with E-state index in [2.05, 4.69) is 32.3 Å². The maximum Gasteiger partial charge on any atom is 0.242 e. The molecule has 3 N–H and O–H groups in total. The number of nitrogens with one attached hydrogen (secondary N) is 3. The Balaban J connectivity index is 0.00000576. The lowest BCUT2D eigenvalue weighted by Crippen LogP contribution is -2.41. The van der Waals surface area contributed by atoms with E-state index in [9.17, 15) is 8.42 Å². The van der Waals surface area contributed by atoms with Gasteiger partial charge in [0.25, 0.3) is 0 Å². The van der Waals surface area contributed by atoms with Crippen molar-refractivity contribution < 1.29 is 8.42 Å². The van der Waals surface area contributed by atoms with Crippen molar-refractivity contribution in [3.63, 3.8) is 0 Å². The van der Waals surface area contributed by atoms with Gasteiger partial charge in [-0.3, -0.25) is 9.98 Å². The quantitative estimate of drug-likeness (QED) is 0.194. The van der Waals surface area contributed by atoms with Crippen molar-refractivity contribution in [3.05, 3.63) is 24.5 Å². The van der Waals surface area contributed by atoms with E-state index < -0.39 is 10.0 Å². The maximum absolute atomic E-state index is 12.1. The van der Waals surface area contributed by atoms with E-state index in [1.807, 2.05) is 6.92 Å². The molecule has 0 spiro atoms. The van der Waals surface area contributed by atoms with Gasteiger partial charge in [-0.25, -0.2) is 13.1 Å². The molecule has 0 aromatic carbocycles. The zero-order valence-electron chi connectivity index (χ0n) is 15.0. The van der Waals surface area contributed by atoms with Crippen molar-refractivity contribution in [1.82, 2.24) is 20.3 Å². The van der Waals surface area contributed by atoms with Crippen molar-refractivity contribution in [2.75, 3.05) is 26.2 Å². The topological polar surface area (TPSA) is 95.5 Å². The Kier molecular flexibility index (Phi) is 13.7. The Hall–Kier alpha value is -0.940. The second kappa shape index (κ2) is 14.3. The Bertz CT molecular complexity index is 581. The summed E-state index contributed by atoms with van der Waals surface area (Å²) < 4.78 is 26.6. The highest BCUT2D eigenvalue weighted by atomic mass is 127. The van der Waals surface area contributed by atoms with Gasteiger partial charge in [0, 0.05) is 38.6 Å². The van der Waals surface area contributed by atoms with Crippen molar-refractivity contribution >= 4 is 40.0 Å². The summed E-state index contributed by atoms with van der Waals surface area (Å²) in [5.74, 6) is 0.717. The van der Waals surface area contributed by atoms with Gasteiger partial charge in [0.05, 0.1) is 0 Å². The number of hydrogen-bond donors (Lipinski definition) is 3. The molecule has 0 radical (unpaired) electrons. The number of pyridine rings is 1. The first kappa shape index (κ1) is 24.1. The minimum atomic E-state index is -3.51. The fourth-order valence-electron chi connectivity index (χ4n) is 2.03. The summed E-state index contributed by atoms with van der Waals surface area (Å²) in [7, 11) is -3.51. The van der Waals surface area contributed by atoms with Crippen molar-refractivity contribution in [1.29, 1.82) is 0 Å². The molecule has 9 heteroatoms. The van der Waals surface area contributed by atoms with Crippen LogP contribution in [0.4, 0.5) is 0 Å². The lowest BCUT2D eigenvalue weighted by atomic mass is 10.2. The number of guanidine groups is 1. The van der Waals surface area contributed by atoms with Crippen LogP contribution in [0.3, 0.4) is 0 Å². The standard InChI is InChI=1S/C16H29N5O2S.HI/c1-3-5-6-7-11-19-16(18-4-2)20-12-13-21-24(22,23)15-9-8-10-17-14-15;/h8-10,14,21H,3-7,11-13H2,1-2H3,(H2,18,19,20);1H. The Morgan fingerprint density at radius 3 is 2.60 bits per heavy atom. The van der Waals surface area contributed by atoms with Crippen LogP contribution in [0, 0.1) is 0 Å². The third kappa shape index (κ3) is 10.6. The Morgan fingerprint density at radius 2 is 1.96 bits per heavy atom. The smallest absolute Gasteiger partial charge is 0.242 e. The molecule has 1 aromatic rings. The van der Waals surface area contributed by atoms with Gasteiger partial charge in [0.15, 0.2) is 5.96 Å². The molecule has 0 fully saturated rings. The van der Waals surface area contributed by atoms with E-state index >= 15 is 0 Å². The largest absolute Gasteiger partial charge is 0.357 e. The number of nitrogens with zero attached hydrogens (tertiary/aromatic N) is 2. The van der Waals surface area contributed by atoms with Crippen molar-refractivity contribution in [3.8, 4) is 0 Å². The number of halogens is 1. The number of sulfonamides is 1. The third-order valence-corrected chi connectivity index (χ3v) is 4.73. The summed E-state index contributed by atoms with van der Waals surface area (Å²) in [5.41, 5.74) is 0. The zero-order valence-corrected chi connectivity index (χ0v) is 18.1. The summed E-state index contributed by atoms with van der Waals surface area (Å²) in [4.78, 5) is 8.48. The number of aromatic nitrogens is 1. The number of unbranched alkanes of at least 4 members (excludes halogenated alkanes) is 3. The molecule has 0 aliphatic rings. The van der Waals surface area contributed by atoms with Gasteiger partial charge in [0.1, 0.15) is 4.90 Å². The molecule has 0 atom stereocenters. The highest BCUT2D eigenvalue weighted by Gasteiger charge is 2.12. The highest BCUT2D eigenvalue weighted by molar-refractivity contribution is 14.0. The average Bonchev–Trinajstić information content (AvgIpc) is 2.59. The summed E-state index contributed by atoms with van der Waals surface area (Å²) in [6, 6.07) is 3.12. The van der Waals surface area contributed by atoms with E-state index in [-0.39, 0.29) is 35.4 Å². The van der Waals surface area contributed by atoms with Crippen LogP contribution in [-0.4, -0.2) is 45.5 Å². The first-order chi connectivity index (χ1) is 11.6. The first-order valence-corrected chi connectivity index (χ1v) is 10.00. The molecule has 25 heavy (non-hydrogen) atoms. The van der Waals surface area contributed by atoms with Crippen LogP contribution < -0.4 is 15.4 Å². The molecule has 1 heterocycles. The van der Waals surface area contributed by atoms with E-state index in [0.717, 1.165) is 25.5 Å². The van der Waals surface area contributed by atoms with Crippen molar-refractivity contribution in [2.24, 2.45) is 4.99 Å². The Labute approximate surface area is 168 Å². The predicted octanol–water partition coefficient (Wildman–Crippen LogP) is 2.11.